The first-order valence-electron chi connectivity index (χ1n) is 7.11. The van der Waals surface area contributed by atoms with Crippen molar-refractivity contribution in [2.75, 3.05) is 29.6 Å². The van der Waals surface area contributed by atoms with Gasteiger partial charge in [0.25, 0.3) is 5.69 Å². The van der Waals surface area contributed by atoms with Crippen LogP contribution in [0.25, 0.3) is 0 Å². The van der Waals surface area contributed by atoms with Crippen LogP contribution in [0.3, 0.4) is 0 Å². The van der Waals surface area contributed by atoms with Gasteiger partial charge in [0, 0.05) is 37.6 Å². The fourth-order valence-corrected chi connectivity index (χ4v) is 2.12. The lowest BCUT2D eigenvalue weighted by atomic mass is 10.2. The van der Waals surface area contributed by atoms with Crippen molar-refractivity contribution in [3.8, 4) is 0 Å². The minimum Gasteiger partial charge on any atom is -0.378 e. The SMILES string of the molecule is CN(C)c1cccc(NC(=O)C(=O)Nc2cc([N+](=O)[O-])ccc2Cl)c1. The minimum atomic E-state index is -0.988. The number of rotatable bonds is 4. The van der Waals surface area contributed by atoms with E-state index in [0.717, 1.165) is 11.8 Å². The van der Waals surface area contributed by atoms with Gasteiger partial charge in [0.15, 0.2) is 0 Å². The van der Waals surface area contributed by atoms with E-state index in [-0.39, 0.29) is 16.4 Å². The molecule has 2 aromatic rings. The lowest BCUT2D eigenvalue weighted by molar-refractivity contribution is -0.384. The quantitative estimate of drug-likeness (QED) is 0.494. The van der Waals surface area contributed by atoms with Crippen molar-refractivity contribution in [1.29, 1.82) is 0 Å². The summed E-state index contributed by atoms with van der Waals surface area (Å²) in [7, 11) is 3.69. The number of nitro benzene ring substituents is 1. The maximum absolute atomic E-state index is 12.0. The molecule has 0 spiro atoms. The molecule has 9 heteroatoms. The maximum atomic E-state index is 12.0. The summed E-state index contributed by atoms with van der Waals surface area (Å²) < 4.78 is 0. The average molecular weight is 363 g/mol. The third-order valence-corrected chi connectivity index (χ3v) is 3.57. The van der Waals surface area contributed by atoms with Crippen LogP contribution in [0.5, 0.6) is 0 Å². The highest BCUT2D eigenvalue weighted by Gasteiger charge is 2.18. The van der Waals surface area contributed by atoms with E-state index in [0.29, 0.717) is 5.69 Å². The van der Waals surface area contributed by atoms with Gasteiger partial charge >= 0.3 is 11.8 Å². The third-order valence-electron chi connectivity index (χ3n) is 3.24. The third kappa shape index (κ3) is 4.67. The summed E-state index contributed by atoms with van der Waals surface area (Å²) in [5, 5.41) is 15.6. The van der Waals surface area contributed by atoms with Gasteiger partial charge in [0.2, 0.25) is 0 Å². The van der Waals surface area contributed by atoms with Gasteiger partial charge < -0.3 is 15.5 Å². The largest absolute Gasteiger partial charge is 0.378 e. The Labute approximate surface area is 148 Å². The Bertz CT molecular complexity index is 839. The van der Waals surface area contributed by atoms with Crippen molar-refractivity contribution in [3.63, 3.8) is 0 Å². The molecule has 0 fully saturated rings. The fraction of sp³-hybridized carbons (Fsp3) is 0.125. The van der Waals surface area contributed by atoms with Gasteiger partial charge in [-0.1, -0.05) is 17.7 Å². The molecule has 0 aliphatic rings. The number of carbonyl (C=O) groups is 2. The van der Waals surface area contributed by atoms with Crippen molar-refractivity contribution in [1.82, 2.24) is 0 Å². The van der Waals surface area contributed by atoms with E-state index >= 15 is 0 Å². The number of carbonyl (C=O) groups excluding carboxylic acids is 2. The summed E-state index contributed by atoms with van der Waals surface area (Å²) in [5.41, 5.74) is 1.02. The van der Waals surface area contributed by atoms with E-state index < -0.39 is 16.7 Å². The number of hydrogen-bond donors (Lipinski definition) is 2. The number of hydrogen-bond acceptors (Lipinski definition) is 5. The molecular weight excluding hydrogens is 348 g/mol. The number of nitro groups is 1. The number of anilines is 3. The molecule has 0 heterocycles. The minimum absolute atomic E-state index is 0.0157. The van der Waals surface area contributed by atoms with Crippen molar-refractivity contribution >= 4 is 46.2 Å². The van der Waals surface area contributed by atoms with Crippen LogP contribution < -0.4 is 15.5 Å². The number of non-ortho nitro benzene ring substituents is 1. The molecule has 0 bridgehead atoms. The van der Waals surface area contributed by atoms with Gasteiger partial charge in [-0.3, -0.25) is 19.7 Å². The van der Waals surface area contributed by atoms with Gasteiger partial charge in [-0.2, -0.15) is 0 Å². The normalized spacial score (nSPS) is 10.0. The first kappa shape index (κ1) is 18.2. The van der Waals surface area contributed by atoms with Crippen LogP contribution in [0, 0.1) is 10.1 Å². The van der Waals surface area contributed by atoms with E-state index in [1.807, 2.05) is 25.1 Å². The number of halogens is 1. The summed E-state index contributed by atoms with van der Waals surface area (Å²) in [6, 6.07) is 10.5. The van der Waals surface area contributed by atoms with Gasteiger partial charge in [0.05, 0.1) is 15.6 Å². The van der Waals surface area contributed by atoms with E-state index in [9.17, 15) is 19.7 Å². The molecule has 0 aliphatic carbocycles. The Balaban J connectivity index is 2.11. The smallest absolute Gasteiger partial charge is 0.314 e. The van der Waals surface area contributed by atoms with E-state index in [1.54, 1.807) is 18.2 Å². The fourth-order valence-electron chi connectivity index (χ4n) is 1.95. The maximum Gasteiger partial charge on any atom is 0.314 e. The second-order valence-corrected chi connectivity index (χ2v) is 5.68. The second kappa shape index (κ2) is 7.63. The summed E-state index contributed by atoms with van der Waals surface area (Å²) in [5.74, 6) is -1.91. The Morgan fingerprint density at radius 1 is 1.08 bits per heavy atom. The van der Waals surface area contributed by atoms with Crippen molar-refractivity contribution in [3.05, 3.63) is 57.6 Å². The molecule has 0 unspecified atom stereocenters. The van der Waals surface area contributed by atoms with Crippen LogP contribution in [0.4, 0.5) is 22.7 Å². The van der Waals surface area contributed by atoms with Crippen LogP contribution in [-0.4, -0.2) is 30.8 Å². The molecule has 2 aromatic carbocycles. The summed E-state index contributed by atoms with van der Waals surface area (Å²) in [6.45, 7) is 0. The molecule has 25 heavy (non-hydrogen) atoms. The lowest BCUT2D eigenvalue weighted by Gasteiger charge is -2.14. The van der Waals surface area contributed by atoms with Crippen LogP contribution in [0.15, 0.2) is 42.5 Å². The number of amides is 2. The molecule has 8 nitrogen and oxygen atoms in total. The second-order valence-electron chi connectivity index (χ2n) is 5.27. The number of benzene rings is 2. The van der Waals surface area contributed by atoms with E-state index in [2.05, 4.69) is 10.6 Å². The molecule has 0 saturated heterocycles. The molecular formula is C16H15ClN4O4. The predicted octanol–water partition coefficient (Wildman–Crippen LogP) is 2.89. The molecule has 0 aliphatic heterocycles. The van der Waals surface area contributed by atoms with Crippen molar-refractivity contribution < 1.29 is 14.5 Å². The number of nitrogens with one attached hydrogen (secondary N) is 2. The summed E-state index contributed by atoms with van der Waals surface area (Å²) in [6.07, 6.45) is 0. The first-order chi connectivity index (χ1) is 11.8. The van der Waals surface area contributed by atoms with Crippen LogP contribution >= 0.6 is 11.6 Å². The standard InChI is InChI=1S/C16H15ClN4O4/c1-20(2)11-5-3-4-10(8-11)18-15(22)16(23)19-14-9-12(21(24)25)6-7-13(14)17/h3-9H,1-2H3,(H,18,22)(H,19,23). The zero-order valence-corrected chi connectivity index (χ0v) is 14.2. The Kier molecular flexibility index (Phi) is 5.56. The molecule has 0 saturated carbocycles. The lowest BCUT2D eigenvalue weighted by Crippen LogP contribution is -2.29. The van der Waals surface area contributed by atoms with Crippen molar-refractivity contribution in [2.45, 2.75) is 0 Å². The zero-order chi connectivity index (χ0) is 18.6. The molecule has 0 radical (unpaired) electrons. The number of nitrogens with zero attached hydrogens (tertiary/aromatic N) is 2. The zero-order valence-electron chi connectivity index (χ0n) is 13.4. The molecule has 2 amide bonds. The van der Waals surface area contributed by atoms with Crippen LogP contribution in [-0.2, 0) is 9.59 Å². The van der Waals surface area contributed by atoms with Crippen molar-refractivity contribution in [2.24, 2.45) is 0 Å². The molecule has 2 N–H and O–H groups in total. The molecule has 0 aromatic heterocycles. The Morgan fingerprint density at radius 3 is 2.40 bits per heavy atom. The molecule has 130 valence electrons. The topological polar surface area (TPSA) is 105 Å². The summed E-state index contributed by atoms with van der Waals surface area (Å²) in [4.78, 5) is 36.0. The molecule has 2 rings (SSSR count). The van der Waals surface area contributed by atoms with Gasteiger partial charge in [-0.05, 0) is 24.3 Å². The first-order valence-corrected chi connectivity index (χ1v) is 7.49. The van der Waals surface area contributed by atoms with E-state index in [4.69, 9.17) is 11.6 Å². The van der Waals surface area contributed by atoms with Gasteiger partial charge in [0.1, 0.15) is 0 Å². The monoisotopic (exact) mass is 362 g/mol. The predicted molar refractivity (Wildman–Crippen MR) is 96.1 cm³/mol. The highest BCUT2D eigenvalue weighted by molar-refractivity contribution is 6.44. The van der Waals surface area contributed by atoms with Crippen LogP contribution in [0.2, 0.25) is 5.02 Å². The van der Waals surface area contributed by atoms with Crippen LogP contribution in [0.1, 0.15) is 0 Å². The van der Waals surface area contributed by atoms with E-state index in [1.165, 1.54) is 12.1 Å². The van der Waals surface area contributed by atoms with Gasteiger partial charge in [-0.25, -0.2) is 0 Å². The molecule has 0 atom stereocenters. The highest BCUT2D eigenvalue weighted by Crippen LogP contribution is 2.26. The summed E-state index contributed by atoms with van der Waals surface area (Å²) >= 11 is 5.89. The average Bonchev–Trinajstić information content (AvgIpc) is 2.56. The Morgan fingerprint density at radius 2 is 1.76 bits per heavy atom. The van der Waals surface area contributed by atoms with Gasteiger partial charge in [-0.15, -0.1) is 0 Å². The highest BCUT2D eigenvalue weighted by atomic mass is 35.5. The Hall–Kier alpha value is -3.13.